The molecule has 2 aliphatic heterocycles. The van der Waals surface area contributed by atoms with Gasteiger partial charge in [0.15, 0.2) is 0 Å². The first-order valence-corrected chi connectivity index (χ1v) is 13.2. The van der Waals surface area contributed by atoms with Crippen molar-refractivity contribution in [2.24, 2.45) is 34.5 Å². The quantitative estimate of drug-likeness (QED) is 0.611. The molecule has 0 aromatic rings. The summed E-state index contributed by atoms with van der Waals surface area (Å²) in [6.07, 6.45) is 3.74. The zero-order valence-electron chi connectivity index (χ0n) is 21.2. The van der Waals surface area contributed by atoms with Gasteiger partial charge in [-0.05, 0) is 31.7 Å². The fraction of sp³-hybridized carbons (Fsp3) is 1.00. The van der Waals surface area contributed by atoms with Crippen LogP contribution < -0.4 is 0 Å². The number of rotatable bonds is 6. The number of fused-ring (bicyclic) bond motifs is 1. The molecule has 34 heavy (non-hydrogen) atoms. The number of aliphatic hydroxyl groups excluding tert-OH is 1. The number of likely N-dealkylation sites (N-methyl/N-ethyl adjacent to an activating group) is 1. The second kappa shape index (κ2) is 7.16. The molecule has 7 rings (SSSR count). The van der Waals surface area contributed by atoms with Crippen molar-refractivity contribution in [3.05, 3.63) is 0 Å². The Balaban J connectivity index is 1.57. The summed E-state index contributed by atoms with van der Waals surface area (Å²) in [5.74, 6) is 0.996. The standard InChI is InChI=1S/C26H41NO7/c1-6-27-11-23(12-28)8-7-17(30-3)25-15-9-14-16(29-2)10-24(18(15)19(14)31-4)26(22(25)27,34-13-33-24)21(32-5)20(23)25/h14-22,28H,6-13H2,1-5H3/t14-,15-,16+,17+,18-,19+,20-,21+,22?,23+,24+,25+,26+/m1/s1. The third-order valence-electron chi connectivity index (χ3n) is 12.2. The van der Waals surface area contributed by atoms with Crippen molar-refractivity contribution in [2.75, 3.05) is 54.9 Å². The summed E-state index contributed by atoms with van der Waals surface area (Å²) in [6.45, 7) is 4.45. The van der Waals surface area contributed by atoms with E-state index in [2.05, 4.69) is 11.8 Å². The van der Waals surface area contributed by atoms with Gasteiger partial charge in [0, 0.05) is 70.0 Å². The minimum absolute atomic E-state index is 0.0521. The highest BCUT2D eigenvalue weighted by atomic mass is 16.7. The van der Waals surface area contributed by atoms with E-state index in [-0.39, 0.29) is 66.5 Å². The van der Waals surface area contributed by atoms with Crippen molar-refractivity contribution < 1.29 is 33.5 Å². The van der Waals surface area contributed by atoms with Gasteiger partial charge in [0.2, 0.25) is 0 Å². The average molecular weight is 480 g/mol. The molecule has 8 nitrogen and oxygen atoms in total. The molecule has 7 fully saturated rings. The Morgan fingerprint density at radius 2 is 1.88 bits per heavy atom. The van der Waals surface area contributed by atoms with Gasteiger partial charge in [-0.2, -0.15) is 0 Å². The van der Waals surface area contributed by atoms with E-state index < -0.39 is 11.2 Å². The molecule has 7 aliphatic rings. The van der Waals surface area contributed by atoms with Crippen LogP contribution >= 0.6 is 0 Å². The number of aliphatic hydroxyl groups is 1. The number of hydrogen-bond acceptors (Lipinski definition) is 8. The van der Waals surface area contributed by atoms with Crippen LogP contribution in [0.15, 0.2) is 0 Å². The van der Waals surface area contributed by atoms with Gasteiger partial charge in [-0.15, -0.1) is 0 Å². The summed E-state index contributed by atoms with van der Waals surface area (Å²) in [6, 6.07) is 0.112. The molecule has 1 N–H and O–H groups in total. The van der Waals surface area contributed by atoms with E-state index in [1.165, 1.54) is 0 Å². The fourth-order valence-electron chi connectivity index (χ4n) is 11.7. The van der Waals surface area contributed by atoms with Crippen molar-refractivity contribution in [1.82, 2.24) is 4.90 Å². The van der Waals surface area contributed by atoms with Crippen molar-refractivity contribution in [2.45, 2.75) is 74.3 Å². The van der Waals surface area contributed by atoms with Gasteiger partial charge in [0.1, 0.15) is 18.0 Å². The Kier molecular flexibility index (Phi) is 4.81. The van der Waals surface area contributed by atoms with Crippen LogP contribution in [0.4, 0.5) is 0 Å². The lowest BCUT2D eigenvalue weighted by molar-refractivity contribution is -0.286. The number of hydrogen-bond donors (Lipinski definition) is 1. The predicted molar refractivity (Wildman–Crippen MR) is 121 cm³/mol. The number of nitrogens with zero attached hydrogens (tertiary/aromatic N) is 1. The molecule has 0 radical (unpaired) electrons. The van der Waals surface area contributed by atoms with E-state index in [9.17, 15) is 5.11 Å². The lowest BCUT2D eigenvalue weighted by Gasteiger charge is -2.70. The molecule has 2 saturated heterocycles. The van der Waals surface area contributed by atoms with E-state index in [0.717, 1.165) is 38.8 Å². The highest BCUT2D eigenvalue weighted by molar-refractivity contribution is 5.43. The Bertz CT molecular complexity index is 859. The molecule has 8 heteroatoms. The molecule has 13 atom stereocenters. The first-order valence-electron chi connectivity index (χ1n) is 13.2. The minimum atomic E-state index is -0.648. The lowest BCUT2D eigenvalue weighted by Crippen LogP contribution is -2.81. The molecule has 0 aromatic carbocycles. The van der Waals surface area contributed by atoms with Crippen molar-refractivity contribution >= 4 is 0 Å². The fourth-order valence-corrected chi connectivity index (χ4v) is 11.7. The summed E-state index contributed by atoms with van der Waals surface area (Å²) >= 11 is 0. The minimum Gasteiger partial charge on any atom is -0.396 e. The molecule has 192 valence electrons. The molecule has 0 amide bonds. The van der Waals surface area contributed by atoms with Crippen LogP contribution in [0, 0.1) is 34.5 Å². The van der Waals surface area contributed by atoms with Gasteiger partial charge >= 0.3 is 0 Å². The largest absolute Gasteiger partial charge is 0.396 e. The Morgan fingerprint density at radius 1 is 1.06 bits per heavy atom. The van der Waals surface area contributed by atoms with Gasteiger partial charge in [-0.1, -0.05) is 6.92 Å². The van der Waals surface area contributed by atoms with E-state index in [0.29, 0.717) is 11.8 Å². The number of ether oxygens (including phenoxy) is 6. The van der Waals surface area contributed by atoms with Gasteiger partial charge in [0.25, 0.3) is 0 Å². The molecule has 5 saturated carbocycles. The van der Waals surface area contributed by atoms with Crippen molar-refractivity contribution in [3.8, 4) is 0 Å². The maximum Gasteiger partial charge on any atom is 0.148 e. The molecular formula is C26H41NO7. The van der Waals surface area contributed by atoms with E-state index in [1.807, 2.05) is 28.4 Å². The number of piperidine rings is 1. The second-order valence-corrected chi connectivity index (χ2v) is 12.2. The van der Waals surface area contributed by atoms with Crippen LogP contribution in [-0.4, -0.2) is 107 Å². The molecule has 7 bridgehead atoms. The monoisotopic (exact) mass is 479 g/mol. The van der Waals surface area contributed by atoms with Crippen LogP contribution in [0.25, 0.3) is 0 Å². The highest BCUT2D eigenvalue weighted by Gasteiger charge is 2.93. The molecule has 0 aromatic heterocycles. The summed E-state index contributed by atoms with van der Waals surface area (Å²) in [5.41, 5.74) is -1.62. The van der Waals surface area contributed by atoms with Crippen LogP contribution in [0.3, 0.4) is 0 Å². The lowest BCUT2D eigenvalue weighted by atomic mass is 9.42. The van der Waals surface area contributed by atoms with Crippen LogP contribution in [0.1, 0.15) is 32.6 Å². The van der Waals surface area contributed by atoms with Crippen LogP contribution in [0.5, 0.6) is 0 Å². The second-order valence-electron chi connectivity index (χ2n) is 12.2. The number of likely N-dealkylation sites (tertiary alicyclic amines) is 1. The zero-order valence-corrected chi connectivity index (χ0v) is 21.2. The molecule has 1 unspecified atom stereocenters. The third-order valence-corrected chi connectivity index (χ3v) is 12.2. The maximum absolute atomic E-state index is 11.1. The van der Waals surface area contributed by atoms with E-state index in [1.54, 1.807) is 0 Å². The summed E-state index contributed by atoms with van der Waals surface area (Å²) in [7, 11) is 7.39. The van der Waals surface area contributed by atoms with Gasteiger partial charge in [-0.3, -0.25) is 4.90 Å². The maximum atomic E-state index is 11.1. The van der Waals surface area contributed by atoms with Crippen LogP contribution in [-0.2, 0) is 28.4 Å². The molecular weight excluding hydrogens is 438 g/mol. The van der Waals surface area contributed by atoms with Crippen molar-refractivity contribution in [3.63, 3.8) is 0 Å². The third kappa shape index (κ3) is 2.01. The predicted octanol–water partition coefficient (Wildman–Crippen LogP) is 1.29. The molecule has 3 spiro atoms. The van der Waals surface area contributed by atoms with Crippen LogP contribution in [0.2, 0.25) is 0 Å². The first-order chi connectivity index (χ1) is 16.5. The zero-order chi connectivity index (χ0) is 23.7. The molecule has 2 heterocycles. The van der Waals surface area contributed by atoms with Gasteiger partial charge in [0.05, 0.1) is 37.1 Å². The SMILES string of the molecule is CCN1C[C@]2(CO)CC[C@H](OC)[C@@]34C1[C@@]1(OCO[C@]15C[C@H](OC)[C@H]1C[C@@H]3[C@@H]5[C@H]1OC)[C@@H](OC)[C@H]24. The number of methoxy groups -OCH3 is 4. The van der Waals surface area contributed by atoms with Crippen molar-refractivity contribution in [1.29, 1.82) is 0 Å². The summed E-state index contributed by atoms with van der Waals surface area (Å²) in [4.78, 5) is 2.61. The normalized spacial score (nSPS) is 61.1. The molecule has 5 aliphatic carbocycles. The van der Waals surface area contributed by atoms with Gasteiger partial charge in [-0.25, -0.2) is 0 Å². The summed E-state index contributed by atoms with van der Waals surface area (Å²) < 4.78 is 39.3. The highest BCUT2D eigenvalue weighted by Crippen LogP contribution is 2.82. The van der Waals surface area contributed by atoms with E-state index in [4.69, 9.17) is 28.4 Å². The van der Waals surface area contributed by atoms with Gasteiger partial charge < -0.3 is 33.5 Å². The topological polar surface area (TPSA) is 78.9 Å². The Labute approximate surface area is 202 Å². The Hall–Kier alpha value is -0.320. The average Bonchev–Trinajstić information content (AvgIpc) is 3.44. The summed E-state index contributed by atoms with van der Waals surface area (Å²) in [5, 5.41) is 11.1. The van der Waals surface area contributed by atoms with E-state index >= 15 is 0 Å². The Morgan fingerprint density at radius 3 is 2.53 bits per heavy atom. The smallest absolute Gasteiger partial charge is 0.148 e. The first kappa shape index (κ1) is 22.8.